The maximum absolute atomic E-state index is 11.2. The predicted octanol–water partition coefficient (Wildman–Crippen LogP) is 1.77. The molecule has 0 aliphatic heterocycles. The van der Waals surface area contributed by atoms with Crippen LogP contribution in [0.2, 0.25) is 0 Å². The van der Waals surface area contributed by atoms with Crippen LogP contribution in [0.15, 0.2) is 10.9 Å². The molecule has 1 heterocycles. The highest BCUT2D eigenvalue weighted by Gasteiger charge is 2.21. The molecule has 1 saturated carbocycles. The van der Waals surface area contributed by atoms with Crippen molar-refractivity contribution in [3.63, 3.8) is 0 Å². The molecule has 1 aromatic rings. The fourth-order valence-corrected chi connectivity index (χ4v) is 2.19. The van der Waals surface area contributed by atoms with Gasteiger partial charge in [0.05, 0.1) is 6.07 Å². The second-order valence-electron chi connectivity index (χ2n) is 4.45. The Kier molecular flexibility index (Phi) is 2.75. The van der Waals surface area contributed by atoms with Crippen LogP contribution < -0.4 is 5.56 Å². The van der Waals surface area contributed by atoms with E-state index >= 15 is 0 Å². The first-order chi connectivity index (χ1) is 7.15. The van der Waals surface area contributed by atoms with Gasteiger partial charge in [-0.3, -0.25) is 4.79 Å². The smallest absolute Gasteiger partial charge is 0.254 e. The van der Waals surface area contributed by atoms with E-state index in [1.807, 2.05) is 0 Å². The summed E-state index contributed by atoms with van der Waals surface area (Å²) < 4.78 is 0. The summed E-state index contributed by atoms with van der Waals surface area (Å²) >= 11 is 0. The Morgan fingerprint density at radius 2 is 2.07 bits per heavy atom. The molecule has 82 valence electrons. The monoisotopic (exact) mass is 208 g/mol. The summed E-state index contributed by atoms with van der Waals surface area (Å²) in [5.74, 6) is 1.55. The van der Waals surface area contributed by atoms with Crippen molar-refractivity contribution in [2.75, 3.05) is 0 Å². The highest BCUT2D eigenvalue weighted by Crippen LogP contribution is 2.33. The summed E-state index contributed by atoms with van der Waals surface area (Å²) in [6.45, 7) is 2.24. The first-order valence-electron chi connectivity index (χ1n) is 5.45. The molecule has 1 fully saturated rings. The lowest BCUT2D eigenvalue weighted by Gasteiger charge is -2.25. The minimum absolute atomic E-state index is 0.174. The molecule has 0 saturated heterocycles. The molecule has 0 amide bonds. The van der Waals surface area contributed by atoms with E-state index in [9.17, 15) is 9.90 Å². The summed E-state index contributed by atoms with van der Waals surface area (Å²) in [6, 6.07) is 1.11. The minimum Gasteiger partial charge on any atom is -0.493 e. The average molecular weight is 208 g/mol. The van der Waals surface area contributed by atoms with Crippen molar-refractivity contribution in [3.05, 3.63) is 22.2 Å². The Morgan fingerprint density at radius 1 is 1.40 bits per heavy atom. The lowest BCUT2D eigenvalue weighted by Crippen LogP contribution is -2.17. The topological polar surface area (TPSA) is 66.0 Å². The van der Waals surface area contributed by atoms with Gasteiger partial charge in [-0.1, -0.05) is 19.8 Å². The van der Waals surface area contributed by atoms with E-state index in [1.165, 1.54) is 12.8 Å². The van der Waals surface area contributed by atoms with Gasteiger partial charge < -0.3 is 10.1 Å². The van der Waals surface area contributed by atoms with Gasteiger partial charge in [-0.25, -0.2) is 4.98 Å². The van der Waals surface area contributed by atoms with Crippen LogP contribution in [0.5, 0.6) is 5.88 Å². The lowest BCUT2D eigenvalue weighted by atomic mass is 9.82. The zero-order chi connectivity index (χ0) is 10.8. The van der Waals surface area contributed by atoms with Gasteiger partial charge in [-0.15, -0.1) is 0 Å². The van der Waals surface area contributed by atoms with Crippen molar-refractivity contribution in [3.8, 4) is 5.88 Å². The number of H-pyrrole nitrogens is 1. The van der Waals surface area contributed by atoms with Crippen molar-refractivity contribution >= 4 is 0 Å². The maximum Gasteiger partial charge on any atom is 0.254 e. The van der Waals surface area contributed by atoms with E-state index in [4.69, 9.17) is 0 Å². The zero-order valence-corrected chi connectivity index (χ0v) is 8.86. The number of rotatable bonds is 1. The van der Waals surface area contributed by atoms with Crippen LogP contribution >= 0.6 is 0 Å². The predicted molar refractivity (Wildman–Crippen MR) is 56.9 cm³/mol. The largest absolute Gasteiger partial charge is 0.493 e. The average Bonchev–Trinajstić information content (AvgIpc) is 2.17. The van der Waals surface area contributed by atoms with E-state index in [2.05, 4.69) is 16.9 Å². The van der Waals surface area contributed by atoms with Crippen LogP contribution in [-0.4, -0.2) is 15.1 Å². The number of hydrogen-bond acceptors (Lipinski definition) is 3. The molecule has 4 nitrogen and oxygen atoms in total. The fraction of sp³-hybridized carbons (Fsp3) is 0.636. The van der Waals surface area contributed by atoms with Crippen molar-refractivity contribution in [2.24, 2.45) is 5.92 Å². The molecule has 1 aliphatic carbocycles. The molecule has 0 radical (unpaired) electrons. The van der Waals surface area contributed by atoms with Gasteiger partial charge in [0.15, 0.2) is 0 Å². The normalized spacial score (nSPS) is 26.5. The van der Waals surface area contributed by atoms with Crippen LogP contribution in [0, 0.1) is 5.92 Å². The van der Waals surface area contributed by atoms with E-state index in [1.54, 1.807) is 0 Å². The first kappa shape index (κ1) is 10.2. The Hall–Kier alpha value is -1.32. The van der Waals surface area contributed by atoms with E-state index in [-0.39, 0.29) is 11.4 Å². The third-order valence-electron chi connectivity index (χ3n) is 3.15. The molecule has 0 unspecified atom stereocenters. The van der Waals surface area contributed by atoms with Gasteiger partial charge in [0.25, 0.3) is 5.56 Å². The van der Waals surface area contributed by atoms with Crippen LogP contribution in [-0.2, 0) is 0 Å². The number of aromatic nitrogens is 2. The third-order valence-corrected chi connectivity index (χ3v) is 3.15. The van der Waals surface area contributed by atoms with Gasteiger partial charge in [0.2, 0.25) is 5.88 Å². The Morgan fingerprint density at radius 3 is 2.67 bits per heavy atom. The van der Waals surface area contributed by atoms with Gasteiger partial charge in [-0.2, -0.15) is 0 Å². The summed E-state index contributed by atoms with van der Waals surface area (Å²) in [5.41, 5.74) is -0.267. The standard InChI is InChI=1S/C11H16N2O2/c1-7-2-4-8(5-3-7)11-12-9(14)6-10(15)13-11/h6-8H,2-5H2,1H3,(H2,12,13,14,15). The van der Waals surface area contributed by atoms with E-state index in [0.29, 0.717) is 11.7 Å². The maximum atomic E-state index is 11.2. The molecule has 0 atom stereocenters. The number of hydrogen-bond donors (Lipinski definition) is 2. The first-order valence-corrected chi connectivity index (χ1v) is 5.45. The molecule has 0 aromatic carbocycles. The highest BCUT2D eigenvalue weighted by molar-refractivity contribution is 5.09. The van der Waals surface area contributed by atoms with Gasteiger partial charge in [0.1, 0.15) is 5.82 Å². The molecule has 0 spiro atoms. The molecule has 0 bridgehead atoms. The number of nitrogens with one attached hydrogen (secondary N) is 1. The minimum atomic E-state index is -0.267. The number of aromatic amines is 1. The summed E-state index contributed by atoms with van der Waals surface area (Å²) in [4.78, 5) is 17.9. The number of nitrogens with zero attached hydrogens (tertiary/aromatic N) is 1. The summed E-state index contributed by atoms with van der Waals surface area (Å²) in [5, 5.41) is 9.25. The van der Waals surface area contributed by atoms with Crippen molar-refractivity contribution in [2.45, 2.75) is 38.5 Å². The second kappa shape index (κ2) is 4.04. The fourth-order valence-electron chi connectivity index (χ4n) is 2.19. The molecular weight excluding hydrogens is 192 g/mol. The molecule has 2 N–H and O–H groups in total. The molecule has 15 heavy (non-hydrogen) atoms. The van der Waals surface area contributed by atoms with Crippen molar-refractivity contribution < 1.29 is 5.11 Å². The van der Waals surface area contributed by atoms with Gasteiger partial charge in [-0.05, 0) is 18.8 Å². The lowest BCUT2D eigenvalue weighted by molar-refractivity contribution is 0.336. The Balaban J connectivity index is 2.19. The van der Waals surface area contributed by atoms with Crippen LogP contribution in [0.25, 0.3) is 0 Å². The SMILES string of the molecule is CC1CCC(c2nc(O)cc(=O)[nH]2)CC1. The van der Waals surface area contributed by atoms with Crippen LogP contribution in [0.4, 0.5) is 0 Å². The second-order valence-corrected chi connectivity index (χ2v) is 4.45. The Labute approximate surface area is 88.4 Å². The van der Waals surface area contributed by atoms with Crippen LogP contribution in [0.3, 0.4) is 0 Å². The Bertz CT molecular complexity index is 392. The molecule has 1 aliphatic rings. The quantitative estimate of drug-likeness (QED) is 0.739. The van der Waals surface area contributed by atoms with Crippen LogP contribution in [0.1, 0.15) is 44.3 Å². The van der Waals surface area contributed by atoms with Gasteiger partial charge in [0, 0.05) is 5.92 Å². The van der Waals surface area contributed by atoms with Gasteiger partial charge >= 0.3 is 0 Å². The molecular formula is C11H16N2O2. The summed E-state index contributed by atoms with van der Waals surface area (Å²) in [7, 11) is 0. The van der Waals surface area contributed by atoms with E-state index in [0.717, 1.165) is 24.8 Å². The zero-order valence-electron chi connectivity index (χ0n) is 8.86. The molecule has 1 aromatic heterocycles. The summed E-state index contributed by atoms with van der Waals surface area (Å²) in [6.07, 6.45) is 4.44. The third kappa shape index (κ3) is 2.37. The van der Waals surface area contributed by atoms with Crippen molar-refractivity contribution in [1.82, 2.24) is 9.97 Å². The molecule has 4 heteroatoms. The highest BCUT2D eigenvalue weighted by atomic mass is 16.3. The van der Waals surface area contributed by atoms with E-state index < -0.39 is 0 Å². The number of aromatic hydroxyl groups is 1. The van der Waals surface area contributed by atoms with Crippen molar-refractivity contribution in [1.29, 1.82) is 0 Å². The molecule has 2 rings (SSSR count).